The molecule has 25 heavy (non-hydrogen) atoms. The summed E-state index contributed by atoms with van der Waals surface area (Å²) in [5.41, 5.74) is 1.39. The van der Waals surface area contributed by atoms with E-state index in [0.29, 0.717) is 34.5 Å². The van der Waals surface area contributed by atoms with E-state index >= 15 is 0 Å². The minimum Gasteiger partial charge on any atom is -0.495 e. The van der Waals surface area contributed by atoms with Gasteiger partial charge >= 0.3 is 0 Å². The van der Waals surface area contributed by atoms with Gasteiger partial charge in [0, 0.05) is 29.7 Å². The van der Waals surface area contributed by atoms with Crippen LogP contribution in [0.1, 0.15) is 6.42 Å². The lowest BCUT2D eigenvalue weighted by atomic mass is 10.2. The van der Waals surface area contributed by atoms with Gasteiger partial charge < -0.3 is 24.8 Å². The standard InChI is InChI=1S/C18H21ClN2O4/c1-23-15-6-4-12(19)10-14(15)20-9-8-18(22)21-13-5-7-16(24-2)17(11-13)25-3/h4-7,10-11,20H,8-9H2,1-3H3,(H,21,22). The highest BCUT2D eigenvalue weighted by molar-refractivity contribution is 6.30. The molecule has 0 atom stereocenters. The monoisotopic (exact) mass is 364 g/mol. The number of amides is 1. The van der Waals surface area contributed by atoms with Crippen LogP contribution in [-0.2, 0) is 4.79 Å². The molecule has 0 bridgehead atoms. The lowest BCUT2D eigenvalue weighted by Crippen LogP contribution is -2.16. The third-order valence-electron chi connectivity index (χ3n) is 3.50. The number of halogens is 1. The molecule has 2 N–H and O–H groups in total. The summed E-state index contributed by atoms with van der Waals surface area (Å²) in [6.45, 7) is 0.440. The molecular weight excluding hydrogens is 344 g/mol. The highest BCUT2D eigenvalue weighted by Crippen LogP contribution is 2.30. The van der Waals surface area contributed by atoms with E-state index in [1.807, 2.05) is 0 Å². The van der Waals surface area contributed by atoms with E-state index < -0.39 is 0 Å². The zero-order chi connectivity index (χ0) is 18.2. The normalized spacial score (nSPS) is 10.1. The third-order valence-corrected chi connectivity index (χ3v) is 3.73. The maximum atomic E-state index is 12.1. The van der Waals surface area contributed by atoms with Gasteiger partial charge in [0.2, 0.25) is 5.91 Å². The van der Waals surface area contributed by atoms with Crippen LogP contribution in [-0.4, -0.2) is 33.8 Å². The van der Waals surface area contributed by atoms with Crippen LogP contribution in [0.4, 0.5) is 11.4 Å². The summed E-state index contributed by atoms with van der Waals surface area (Å²) in [7, 11) is 4.69. The molecule has 0 heterocycles. The molecule has 0 aliphatic heterocycles. The molecule has 2 rings (SSSR count). The van der Waals surface area contributed by atoms with Crippen molar-refractivity contribution in [3.8, 4) is 17.2 Å². The van der Waals surface area contributed by atoms with Crippen LogP contribution in [0.25, 0.3) is 0 Å². The minimum absolute atomic E-state index is 0.124. The van der Waals surface area contributed by atoms with Crippen molar-refractivity contribution in [2.75, 3.05) is 38.5 Å². The molecule has 0 saturated carbocycles. The number of anilines is 2. The molecule has 7 heteroatoms. The van der Waals surface area contributed by atoms with E-state index in [0.717, 1.165) is 5.69 Å². The Morgan fingerprint density at radius 1 is 0.960 bits per heavy atom. The van der Waals surface area contributed by atoms with Crippen molar-refractivity contribution in [3.05, 3.63) is 41.4 Å². The van der Waals surface area contributed by atoms with Gasteiger partial charge in [0.25, 0.3) is 0 Å². The quantitative estimate of drug-likeness (QED) is 0.745. The molecule has 0 unspecified atom stereocenters. The first-order chi connectivity index (χ1) is 12.1. The number of carbonyl (C=O) groups excluding carboxylic acids is 1. The van der Waals surface area contributed by atoms with Crippen molar-refractivity contribution in [3.63, 3.8) is 0 Å². The Morgan fingerprint density at radius 3 is 2.32 bits per heavy atom. The van der Waals surface area contributed by atoms with E-state index in [2.05, 4.69) is 10.6 Å². The van der Waals surface area contributed by atoms with Crippen molar-refractivity contribution in [1.29, 1.82) is 0 Å². The molecule has 0 aromatic heterocycles. The topological polar surface area (TPSA) is 68.8 Å². The molecule has 0 saturated heterocycles. The summed E-state index contributed by atoms with van der Waals surface area (Å²) in [4.78, 5) is 12.1. The SMILES string of the molecule is COc1ccc(Cl)cc1NCCC(=O)Nc1ccc(OC)c(OC)c1. The fourth-order valence-corrected chi connectivity index (χ4v) is 2.44. The highest BCUT2D eigenvalue weighted by Gasteiger charge is 2.08. The molecule has 6 nitrogen and oxygen atoms in total. The summed E-state index contributed by atoms with van der Waals surface area (Å²) in [5, 5.41) is 6.57. The number of nitrogens with one attached hydrogen (secondary N) is 2. The first kappa shape index (κ1) is 18.7. The predicted molar refractivity (Wildman–Crippen MR) is 99.3 cm³/mol. The average Bonchev–Trinajstić information content (AvgIpc) is 2.61. The van der Waals surface area contributed by atoms with Crippen LogP contribution in [0.3, 0.4) is 0 Å². The van der Waals surface area contributed by atoms with Crippen LogP contribution in [0.15, 0.2) is 36.4 Å². The van der Waals surface area contributed by atoms with Crippen molar-refractivity contribution >= 4 is 28.9 Å². The lowest BCUT2D eigenvalue weighted by Gasteiger charge is -2.12. The van der Waals surface area contributed by atoms with Gasteiger partial charge in [-0.05, 0) is 30.3 Å². The molecule has 0 aliphatic rings. The average molecular weight is 365 g/mol. The Bertz CT molecular complexity index is 737. The van der Waals surface area contributed by atoms with Gasteiger partial charge in [0.1, 0.15) is 5.75 Å². The molecular formula is C18H21ClN2O4. The Morgan fingerprint density at radius 2 is 1.64 bits per heavy atom. The number of benzene rings is 2. The van der Waals surface area contributed by atoms with Crippen molar-refractivity contribution in [2.45, 2.75) is 6.42 Å². The van der Waals surface area contributed by atoms with E-state index in [1.165, 1.54) is 0 Å². The van der Waals surface area contributed by atoms with Gasteiger partial charge in [0.05, 0.1) is 27.0 Å². The van der Waals surface area contributed by atoms with Gasteiger partial charge in [-0.2, -0.15) is 0 Å². The van der Waals surface area contributed by atoms with Crippen molar-refractivity contribution in [2.24, 2.45) is 0 Å². The molecule has 0 radical (unpaired) electrons. The van der Waals surface area contributed by atoms with Gasteiger partial charge in [-0.1, -0.05) is 11.6 Å². The fourth-order valence-electron chi connectivity index (χ4n) is 2.27. The number of ether oxygens (including phenoxy) is 3. The number of hydrogen-bond acceptors (Lipinski definition) is 5. The summed E-state index contributed by atoms with van der Waals surface area (Å²) in [5.74, 6) is 1.71. The second-order valence-corrected chi connectivity index (χ2v) is 5.58. The number of methoxy groups -OCH3 is 3. The summed E-state index contributed by atoms with van der Waals surface area (Å²) >= 11 is 5.98. The Kier molecular flexibility index (Phi) is 6.77. The fraction of sp³-hybridized carbons (Fsp3) is 0.278. The molecule has 0 fully saturated rings. The molecule has 0 spiro atoms. The second-order valence-electron chi connectivity index (χ2n) is 5.14. The molecule has 0 aliphatic carbocycles. The number of hydrogen-bond donors (Lipinski definition) is 2. The van der Waals surface area contributed by atoms with Crippen molar-refractivity contribution in [1.82, 2.24) is 0 Å². The van der Waals surface area contributed by atoms with Gasteiger partial charge in [-0.3, -0.25) is 4.79 Å². The Hall–Kier alpha value is -2.60. The second kappa shape index (κ2) is 9.03. The smallest absolute Gasteiger partial charge is 0.226 e. The zero-order valence-corrected chi connectivity index (χ0v) is 15.1. The molecule has 2 aromatic rings. The van der Waals surface area contributed by atoms with Crippen molar-refractivity contribution < 1.29 is 19.0 Å². The number of carbonyl (C=O) groups is 1. The van der Waals surface area contributed by atoms with E-state index in [-0.39, 0.29) is 12.3 Å². The summed E-state index contributed by atoms with van der Waals surface area (Å²) < 4.78 is 15.6. The molecule has 134 valence electrons. The summed E-state index contributed by atoms with van der Waals surface area (Å²) in [6.07, 6.45) is 0.282. The maximum Gasteiger partial charge on any atom is 0.226 e. The van der Waals surface area contributed by atoms with Gasteiger partial charge in [-0.25, -0.2) is 0 Å². The minimum atomic E-state index is -0.124. The molecule has 2 aromatic carbocycles. The summed E-state index contributed by atoms with van der Waals surface area (Å²) in [6, 6.07) is 10.5. The predicted octanol–water partition coefficient (Wildman–Crippen LogP) is 3.81. The maximum absolute atomic E-state index is 12.1. The first-order valence-corrected chi connectivity index (χ1v) is 8.04. The number of rotatable bonds is 8. The zero-order valence-electron chi connectivity index (χ0n) is 14.4. The largest absolute Gasteiger partial charge is 0.495 e. The molecule has 1 amide bonds. The van der Waals surface area contributed by atoms with Crippen LogP contribution in [0, 0.1) is 0 Å². The third kappa shape index (κ3) is 5.19. The van der Waals surface area contributed by atoms with Gasteiger partial charge in [-0.15, -0.1) is 0 Å². The van der Waals surface area contributed by atoms with E-state index in [4.69, 9.17) is 25.8 Å². The van der Waals surface area contributed by atoms with E-state index in [9.17, 15) is 4.79 Å². The highest BCUT2D eigenvalue weighted by atomic mass is 35.5. The Balaban J connectivity index is 1.90. The van der Waals surface area contributed by atoms with Crippen LogP contribution < -0.4 is 24.8 Å². The Labute approximate surface area is 152 Å². The van der Waals surface area contributed by atoms with Crippen LogP contribution >= 0.6 is 11.6 Å². The van der Waals surface area contributed by atoms with E-state index in [1.54, 1.807) is 57.7 Å². The van der Waals surface area contributed by atoms with Gasteiger partial charge in [0.15, 0.2) is 11.5 Å². The van der Waals surface area contributed by atoms with Crippen LogP contribution in [0.2, 0.25) is 5.02 Å². The van der Waals surface area contributed by atoms with Crippen LogP contribution in [0.5, 0.6) is 17.2 Å². The lowest BCUT2D eigenvalue weighted by molar-refractivity contribution is -0.115. The first-order valence-electron chi connectivity index (χ1n) is 7.66.